The average Bonchev–Trinajstić information content (AvgIpc) is 3.17. The lowest BCUT2D eigenvalue weighted by Gasteiger charge is -2.18. The Morgan fingerprint density at radius 2 is 2.00 bits per heavy atom. The minimum atomic E-state index is -0.0196. The molecule has 1 aromatic carbocycles. The van der Waals surface area contributed by atoms with E-state index in [-0.39, 0.29) is 5.56 Å². The number of aromatic nitrogens is 4. The van der Waals surface area contributed by atoms with Gasteiger partial charge in [0.05, 0.1) is 11.1 Å². The standard InChI is InChI=1S/C19H17ClN4OS/c1-10-3-8-15-14(9-10)16-17(25)24(13-6-4-12(20)5-7-13)19-22-21-11(2)23(19)18(16)26-15/h4-7,10H,3,8-9H2,1-2H3/t10-/m1/s1. The molecular formula is C19H17ClN4OS. The first kappa shape index (κ1) is 16.0. The number of halogens is 1. The summed E-state index contributed by atoms with van der Waals surface area (Å²) in [6.45, 7) is 4.18. The highest BCUT2D eigenvalue weighted by Crippen LogP contribution is 2.37. The maximum atomic E-state index is 13.5. The minimum absolute atomic E-state index is 0.0196. The smallest absolute Gasteiger partial charge is 0.268 e. The molecule has 0 bridgehead atoms. The molecule has 0 saturated carbocycles. The Hall–Kier alpha value is -2.18. The van der Waals surface area contributed by atoms with E-state index in [2.05, 4.69) is 17.1 Å². The fraction of sp³-hybridized carbons (Fsp3) is 0.316. The third-order valence-electron chi connectivity index (χ3n) is 5.20. The summed E-state index contributed by atoms with van der Waals surface area (Å²) >= 11 is 7.75. The first-order chi connectivity index (χ1) is 12.5. The fourth-order valence-corrected chi connectivity index (χ4v) is 5.39. The van der Waals surface area contributed by atoms with Gasteiger partial charge in [-0.15, -0.1) is 21.5 Å². The second kappa shape index (κ2) is 5.66. The van der Waals surface area contributed by atoms with E-state index < -0.39 is 0 Å². The van der Waals surface area contributed by atoms with Crippen molar-refractivity contribution in [3.8, 4) is 5.69 Å². The fourth-order valence-electron chi connectivity index (χ4n) is 3.88. The van der Waals surface area contributed by atoms with Crippen molar-refractivity contribution in [3.05, 3.63) is 55.9 Å². The molecule has 3 aromatic heterocycles. The van der Waals surface area contributed by atoms with E-state index in [1.54, 1.807) is 28.0 Å². The highest BCUT2D eigenvalue weighted by molar-refractivity contribution is 7.18. The van der Waals surface area contributed by atoms with Gasteiger partial charge in [-0.25, -0.2) is 4.57 Å². The highest BCUT2D eigenvalue weighted by Gasteiger charge is 2.26. The van der Waals surface area contributed by atoms with Crippen LogP contribution in [-0.4, -0.2) is 19.2 Å². The zero-order valence-electron chi connectivity index (χ0n) is 14.5. The lowest BCUT2D eigenvalue weighted by atomic mass is 9.89. The van der Waals surface area contributed by atoms with Gasteiger partial charge in [0, 0.05) is 9.90 Å². The number of aryl methyl sites for hydroxylation is 2. The molecule has 4 aromatic rings. The van der Waals surface area contributed by atoms with E-state index in [4.69, 9.17) is 11.6 Å². The number of benzene rings is 1. The molecule has 0 spiro atoms. The number of nitrogens with zero attached hydrogens (tertiary/aromatic N) is 4. The second-order valence-electron chi connectivity index (χ2n) is 7.03. The van der Waals surface area contributed by atoms with Gasteiger partial charge in [0.25, 0.3) is 5.56 Å². The molecule has 0 amide bonds. The maximum Gasteiger partial charge on any atom is 0.268 e. The molecule has 0 radical (unpaired) electrons. The molecule has 3 heterocycles. The van der Waals surface area contributed by atoms with Gasteiger partial charge in [-0.1, -0.05) is 18.5 Å². The second-order valence-corrected chi connectivity index (χ2v) is 8.55. The van der Waals surface area contributed by atoms with E-state index in [0.29, 0.717) is 16.7 Å². The molecule has 5 rings (SSSR count). The van der Waals surface area contributed by atoms with Gasteiger partial charge in [0.1, 0.15) is 10.7 Å². The molecule has 5 nitrogen and oxygen atoms in total. The van der Waals surface area contributed by atoms with Crippen molar-refractivity contribution in [3.63, 3.8) is 0 Å². The van der Waals surface area contributed by atoms with Crippen LogP contribution in [0, 0.1) is 12.8 Å². The molecule has 1 aliphatic rings. The van der Waals surface area contributed by atoms with E-state index in [1.807, 2.05) is 23.5 Å². The van der Waals surface area contributed by atoms with E-state index in [1.165, 1.54) is 16.9 Å². The summed E-state index contributed by atoms with van der Waals surface area (Å²) in [4.78, 5) is 15.8. The van der Waals surface area contributed by atoms with Crippen LogP contribution in [0.1, 0.15) is 29.6 Å². The van der Waals surface area contributed by atoms with Crippen molar-refractivity contribution < 1.29 is 0 Å². The van der Waals surface area contributed by atoms with Crippen LogP contribution in [0.4, 0.5) is 0 Å². The summed E-state index contributed by atoms with van der Waals surface area (Å²) in [6.07, 6.45) is 3.17. The van der Waals surface area contributed by atoms with Gasteiger partial charge in [-0.3, -0.25) is 9.20 Å². The molecule has 0 aliphatic heterocycles. The molecule has 132 valence electrons. The Morgan fingerprint density at radius 1 is 1.23 bits per heavy atom. The molecule has 7 heteroatoms. The van der Waals surface area contributed by atoms with Gasteiger partial charge in [0.2, 0.25) is 5.78 Å². The van der Waals surface area contributed by atoms with Crippen molar-refractivity contribution in [2.45, 2.75) is 33.1 Å². The predicted molar refractivity (Wildman–Crippen MR) is 105 cm³/mol. The highest BCUT2D eigenvalue weighted by atomic mass is 35.5. The molecule has 0 saturated heterocycles. The van der Waals surface area contributed by atoms with E-state index in [9.17, 15) is 4.79 Å². The zero-order chi connectivity index (χ0) is 18.0. The SMILES string of the molecule is Cc1nnc2n(-c3ccc(Cl)cc3)c(=O)c3c4c(sc3n12)CC[C@@H](C)C4. The summed E-state index contributed by atoms with van der Waals surface area (Å²) in [5.41, 5.74) is 1.95. The van der Waals surface area contributed by atoms with Crippen molar-refractivity contribution in [2.24, 2.45) is 5.92 Å². The summed E-state index contributed by atoms with van der Waals surface area (Å²) in [6, 6.07) is 7.28. The van der Waals surface area contributed by atoms with Crippen molar-refractivity contribution in [1.29, 1.82) is 0 Å². The molecule has 1 aliphatic carbocycles. The first-order valence-electron chi connectivity index (χ1n) is 8.71. The van der Waals surface area contributed by atoms with Crippen LogP contribution in [0.2, 0.25) is 5.02 Å². The summed E-state index contributed by atoms with van der Waals surface area (Å²) < 4.78 is 3.67. The normalized spacial score (nSPS) is 17.1. The molecule has 0 N–H and O–H groups in total. The number of fused-ring (bicyclic) bond motifs is 5. The summed E-state index contributed by atoms with van der Waals surface area (Å²) in [7, 11) is 0. The summed E-state index contributed by atoms with van der Waals surface area (Å²) in [5, 5.41) is 10.0. The maximum absolute atomic E-state index is 13.5. The number of hydrogen-bond acceptors (Lipinski definition) is 4. The van der Waals surface area contributed by atoms with Crippen molar-refractivity contribution in [2.75, 3.05) is 0 Å². The Balaban J connectivity index is 1.96. The lowest BCUT2D eigenvalue weighted by molar-refractivity contribution is 0.508. The van der Waals surface area contributed by atoms with Crippen LogP contribution in [0.25, 0.3) is 21.7 Å². The van der Waals surface area contributed by atoms with Crippen molar-refractivity contribution >= 4 is 38.9 Å². The van der Waals surface area contributed by atoms with E-state index >= 15 is 0 Å². The van der Waals surface area contributed by atoms with Crippen LogP contribution >= 0.6 is 22.9 Å². The number of rotatable bonds is 1. The Labute approximate surface area is 158 Å². The third kappa shape index (κ3) is 2.18. The Morgan fingerprint density at radius 3 is 2.77 bits per heavy atom. The van der Waals surface area contributed by atoms with E-state index in [0.717, 1.165) is 34.6 Å². The van der Waals surface area contributed by atoms with Crippen LogP contribution in [0.5, 0.6) is 0 Å². The van der Waals surface area contributed by atoms with Crippen LogP contribution in [0.3, 0.4) is 0 Å². The number of hydrogen-bond donors (Lipinski definition) is 0. The van der Waals surface area contributed by atoms with Gasteiger partial charge < -0.3 is 0 Å². The molecule has 1 atom stereocenters. The largest absolute Gasteiger partial charge is 0.268 e. The minimum Gasteiger partial charge on any atom is -0.268 e. The molecule has 0 fully saturated rings. The topological polar surface area (TPSA) is 52.2 Å². The first-order valence-corrected chi connectivity index (χ1v) is 9.91. The number of thiophene rings is 1. The molecular weight excluding hydrogens is 368 g/mol. The van der Waals surface area contributed by atoms with Gasteiger partial charge in [-0.05, 0) is 61.9 Å². The molecule has 26 heavy (non-hydrogen) atoms. The van der Waals surface area contributed by atoms with Crippen LogP contribution in [-0.2, 0) is 12.8 Å². The quantitative estimate of drug-likeness (QED) is 0.494. The van der Waals surface area contributed by atoms with Crippen LogP contribution in [0.15, 0.2) is 29.1 Å². The Kier molecular flexibility index (Phi) is 3.49. The van der Waals surface area contributed by atoms with Gasteiger partial charge in [0.15, 0.2) is 0 Å². The Bertz CT molecular complexity index is 1220. The molecule has 0 unspecified atom stereocenters. The predicted octanol–water partition coefficient (Wildman–Crippen LogP) is 4.18. The monoisotopic (exact) mass is 384 g/mol. The zero-order valence-corrected chi connectivity index (χ0v) is 16.1. The summed E-state index contributed by atoms with van der Waals surface area (Å²) in [5.74, 6) is 1.94. The van der Waals surface area contributed by atoms with Crippen molar-refractivity contribution in [1.82, 2.24) is 19.2 Å². The van der Waals surface area contributed by atoms with Gasteiger partial charge >= 0.3 is 0 Å². The third-order valence-corrected chi connectivity index (χ3v) is 6.73. The van der Waals surface area contributed by atoms with Gasteiger partial charge in [-0.2, -0.15) is 0 Å². The average molecular weight is 385 g/mol. The lowest BCUT2D eigenvalue weighted by Crippen LogP contribution is -2.22. The van der Waals surface area contributed by atoms with Crippen LogP contribution < -0.4 is 5.56 Å².